The number of halogens is 3. The molecule has 0 atom stereocenters. The first-order valence-corrected chi connectivity index (χ1v) is 6.77. The van der Waals surface area contributed by atoms with E-state index in [-0.39, 0.29) is 11.6 Å². The lowest BCUT2D eigenvalue weighted by molar-refractivity contribution is -0.159. The van der Waals surface area contributed by atoms with Crippen molar-refractivity contribution in [3.8, 4) is 11.4 Å². The van der Waals surface area contributed by atoms with Crippen LogP contribution < -0.4 is 0 Å². The second-order valence-corrected chi connectivity index (χ2v) is 5.08. The topological polar surface area (TPSA) is 68.9 Å². The number of aromatic nitrogens is 3. The van der Waals surface area contributed by atoms with Crippen LogP contribution in [0.1, 0.15) is 21.1 Å². The van der Waals surface area contributed by atoms with Gasteiger partial charge < -0.3 is 4.52 Å². The summed E-state index contributed by atoms with van der Waals surface area (Å²) < 4.78 is 41.4. The fraction of sp³-hybridized carbons (Fsp3) is 0.0769. The molecule has 0 aliphatic heterocycles. The van der Waals surface area contributed by atoms with Crippen LogP contribution in [0.15, 0.2) is 40.5 Å². The van der Waals surface area contributed by atoms with Gasteiger partial charge in [-0.25, -0.2) is 0 Å². The molecule has 0 radical (unpaired) electrons. The largest absolute Gasteiger partial charge is 0.471 e. The average Bonchev–Trinajstić information content (AvgIpc) is 3.17. The molecule has 0 amide bonds. The van der Waals surface area contributed by atoms with Crippen molar-refractivity contribution in [2.75, 3.05) is 0 Å². The van der Waals surface area contributed by atoms with Crippen LogP contribution in [0.3, 0.4) is 0 Å². The second kappa shape index (κ2) is 5.34. The molecule has 0 spiro atoms. The Hall–Kier alpha value is -2.55. The number of ketones is 1. The van der Waals surface area contributed by atoms with Gasteiger partial charge in [-0.05, 0) is 0 Å². The zero-order chi connectivity index (χ0) is 15.7. The summed E-state index contributed by atoms with van der Waals surface area (Å²) in [6, 6.07) is 5.89. The van der Waals surface area contributed by atoms with Crippen molar-refractivity contribution in [2.24, 2.45) is 0 Å². The number of alkyl halides is 3. The van der Waals surface area contributed by atoms with Crippen molar-refractivity contribution in [2.45, 2.75) is 6.18 Å². The summed E-state index contributed by atoms with van der Waals surface area (Å²) in [6.45, 7) is 0. The van der Waals surface area contributed by atoms with Crippen LogP contribution >= 0.6 is 11.3 Å². The van der Waals surface area contributed by atoms with Gasteiger partial charge in [0.1, 0.15) is 0 Å². The predicted octanol–water partition coefficient (Wildman–Crippen LogP) is 3.44. The Bertz CT molecular complexity index is 795. The van der Waals surface area contributed by atoms with Gasteiger partial charge in [-0.3, -0.25) is 9.78 Å². The molecule has 3 rings (SSSR count). The van der Waals surface area contributed by atoms with E-state index >= 15 is 0 Å². The summed E-state index contributed by atoms with van der Waals surface area (Å²) in [7, 11) is 0. The maximum Gasteiger partial charge on any atom is 0.471 e. The van der Waals surface area contributed by atoms with Crippen LogP contribution in [0.2, 0.25) is 0 Å². The Kier molecular flexibility index (Phi) is 3.49. The molecule has 0 bridgehead atoms. The van der Waals surface area contributed by atoms with E-state index in [1.54, 1.807) is 5.51 Å². The van der Waals surface area contributed by atoms with Crippen LogP contribution in [0, 0.1) is 0 Å². The van der Waals surface area contributed by atoms with Gasteiger partial charge in [-0.2, -0.15) is 18.2 Å². The molecule has 0 saturated carbocycles. The van der Waals surface area contributed by atoms with E-state index in [4.69, 9.17) is 0 Å². The third kappa shape index (κ3) is 2.75. The zero-order valence-electron chi connectivity index (χ0n) is 10.7. The van der Waals surface area contributed by atoms with E-state index in [2.05, 4.69) is 19.6 Å². The summed E-state index contributed by atoms with van der Waals surface area (Å²) in [5, 5.41) is 3.28. The Labute approximate surface area is 125 Å². The lowest BCUT2D eigenvalue weighted by atomic mass is 10.1. The molecule has 0 aliphatic rings. The summed E-state index contributed by atoms with van der Waals surface area (Å²) in [4.78, 5) is 19.6. The third-order valence-corrected chi connectivity index (χ3v) is 3.50. The van der Waals surface area contributed by atoms with E-state index in [0.29, 0.717) is 16.0 Å². The molecule has 0 N–H and O–H groups in total. The van der Waals surface area contributed by atoms with E-state index in [1.165, 1.54) is 41.8 Å². The minimum atomic E-state index is -4.69. The summed E-state index contributed by atoms with van der Waals surface area (Å²) in [5.41, 5.74) is 2.26. The fourth-order valence-electron chi connectivity index (χ4n) is 1.70. The van der Waals surface area contributed by atoms with Crippen molar-refractivity contribution in [1.82, 2.24) is 15.1 Å². The van der Waals surface area contributed by atoms with Crippen LogP contribution in [0.5, 0.6) is 0 Å². The lowest BCUT2D eigenvalue weighted by Crippen LogP contribution is -2.04. The highest BCUT2D eigenvalue weighted by Gasteiger charge is 2.38. The Morgan fingerprint density at radius 1 is 1.18 bits per heavy atom. The molecule has 0 fully saturated rings. The molecule has 1 aromatic carbocycles. The number of benzene rings is 1. The summed E-state index contributed by atoms with van der Waals surface area (Å²) in [5.74, 6) is -1.81. The number of hydrogen-bond acceptors (Lipinski definition) is 6. The minimum absolute atomic E-state index is 0.191. The fourth-order valence-corrected chi connectivity index (χ4v) is 2.28. The van der Waals surface area contributed by atoms with Gasteiger partial charge in [0.15, 0.2) is 0 Å². The normalized spacial score (nSPS) is 11.6. The van der Waals surface area contributed by atoms with E-state index in [1.807, 2.05) is 0 Å². The van der Waals surface area contributed by atoms with Gasteiger partial charge in [0, 0.05) is 17.3 Å². The SMILES string of the molecule is O=C(c1ccc(-c2noc(C(F)(F)F)n2)cc1)c1cncs1. The van der Waals surface area contributed by atoms with Gasteiger partial charge in [-0.1, -0.05) is 29.4 Å². The molecular formula is C13H6F3N3O2S. The van der Waals surface area contributed by atoms with Gasteiger partial charge in [0.2, 0.25) is 11.6 Å². The summed E-state index contributed by atoms with van der Waals surface area (Å²) in [6.07, 6.45) is -3.23. The molecule has 22 heavy (non-hydrogen) atoms. The number of rotatable bonds is 3. The van der Waals surface area contributed by atoms with Crippen molar-refractivity contribution in [3.63, 3.8) is 0 Å². The van der Waals surface area contributed by atoms with Crippen molar-refractivity contribution < 1.29 is 22.5 Å². The first-order chi connectivity index (χ1) is 10.4. The molecule has 3 aromatic rings. The molecular weight excluding hydrogens is 319 g/mol. The van der Waals surface area contributed by atoms with Gasteiger partial charge in [-0.15, -0.1) is 11.3 Å². The predicted molar refractivity (Wildman–Crippen MR) is 70.3 cm³/mol. The van der Waals surface area contributed by atoms with E-state index in [0.717, 1.165) is 0 Å². The van der Waals surface area contributed by atoms with E-state index in [9.17, 15) is 18.0 Å². The molecule has 9 heteroatoms. The monoisotopic (exact) mass is 325 g/mol. The standard InChI is InChI=1S/C13H6F3N3O2S/c14-13(15,16)12-18-11(19-21-12)8-3-1-7(2-4-8)10(20)9-5-17-6-22-9/h1-6H. The smallest absolute Gasteiger partial charge is 0.329 e. The highest BCUT2D eigenvalue weighted by Crippen LogP contribution is 2.29. The van der Waals surface area contributed by atoms with Crippen LogP contribution in [-0.4, -0.2) is 20.9 Å². The zero-order valence-corrected chi connectivity index (χ0v) is 11.5. The number of thiazole rings is 1. The number of nitrogens with zero attached hydrogens (tertiary/aromatic N) is 3. The second-order valence-electron chi connectivity index (χ2n) is 4.19. The number of carbonyl (C=O) groups is 1. The maximum absolute atomic E-state index is 12.4. The molecule has 0 aliphatic carbocycles. The van der Waals surface area contributed by atoms with Gasteiger partial charge in [0.25, 0.3) is 0 Å². The van der Waals surface area contributed by atoms with Crippen LogP contribution in [0.25, 0.3) is 11.4 Å². The molecule has 112 valence electrons. The van der Waals surface area contributed by atoms with Gasteiger partial charge >= 0.3 is 12.1 Å². The highest BCUT2D eigenvalue weighted by molar-refractivity contribution is 7.11. The van der Waals surface area contributed by atoms with Crippen LogP contribution in [-0.2, 0) is 6.18 Å². The maximum atomic E-state index is 12.4. The Balaban J connectivity index is 1.85. The van der Waals surface area contributed by atoms with Crippen LogP contribution in [0.4, 0.5) is 13.2 Å². The summed E-state index contributed by atoms with van der Waals surface area (Å²) >= 11 is 1.21. The molecule has 0 unspecified atom stereocenters. The Morgan fingerprint density at radius 3 is 2.45 bits per heavy atom. The molecule has 2 heterocycles. The quantitative estimate of drug-likeness (QED) is 0.690. The van der Waals surface area contributed by atoms with Gasteiger partial charge in [0.05, 0.1) is 10.4 Å². The highest BCUT2D eigenvalue weighted by atomic mass is 32.1. The number of carbonyl (C=O) groups excluding carboxylic acids is 1. The number of hydrogen-bond donors (Lipinski definition) is 0. The third-order valence-electron chi connectivity index (χ3n) is 2.73. The van der Waals surface area contributed by atoms with Crippen molar-refractivity contribution >= 4 is 17.1 Å². The first-order valence-electron chi connectivity index (χ1n) is 5.89. The first kappa shape index (κ1) is 14.4. The Morgan fingerprint density at radius 2 is 1.91 bits per heavy atom. The molecule has 0 saturated heterocycles. The van der Waals surface area contributed by atoms with Crippen molar-refractivity contribution in [1.29, 1.82) is 0 Å². The average molecular weight is 325 g/mol. The minimum Gasteiger partial charge on any atom is -0.329 e. The molecule has 5 nitrogen and oxygen atoms in total. The molecule has 2 aromatic heterocycles. The van der Waals surface area contributed by atoms with E-state index < -0.39 is 12.1 Å². The lowest BCUT2D eigenvalue weighted by Gasteiger charge is -1.99. The van der Waals surface area contributed by atoms with Crippen molar-refractivity contribution in [3.05, 3.63) is 52.3 Å².